The van der Waals surface area contributed by atoms with Crippen LogP contribution >= 0.6 is 0 Å². The summed E-state index contributed by atoms with van der Waals surface area (Å²) in [5, 5.41) is 10.4. The summed E-state index contributed by atoms with van der Waals surface area (Å²) in [6.07, 6.45) is 0.0862. The Labute approximate surface area is 149 Å². The molecule has 1 aliphatic rings. The number of hydrogen-bond donors (Lipinski definition) is 1. The fourth-order valence-corrected chi connectivity index (χ4v) is 2.62. The van der Waals surface area contributed by atoms with Crippen molar-refractivity contribution in [3.05, 3.63) is 29.8 Å². The van der Waals surface area contributed by atoms with Crippen LogP contribution in [0.4, 0.5) is 0 Å². The van der Waals surface area contributed by atoms with Gasteiger partial charge in [0.15, 0.2) is 6.61 Å². The van der Waals surface area contributed by atoms with Gasteiger partial charge in [0.25, 0.3) is 0 Å². The lowest BCUT2D eigenvalue weighted by atomic mass is 10.1. The fraction of sp³-hybridized carbons (Fsp3) is 0.632. The maximum Gasteiger partial charge on any atom is 0.344 e. The lowest BCUT2D eigenvalue weighted by molar-refractivity contribution is -0.157. The van der Waals surface area contributed by atoms with Crippen LogP contribution in [0, 0.1) is 0 Å². The Bertz CT molecular complexity index is 549. The highest BCUT2D eigenvalue weighted by molar-refractivity contribution is 5.71. The van der Waals surface area contributed by atoms with Crippen molar-refractivity contribution in [3.63, 3.8) is 0 Å². The van der Waals surface area contributed by atoms with Crippen LogP contribution < -0.4 is 4.74 Å². The third-order valence-electron chi connectivity index (χ3n) is 3.84. The first-order valence-corrected chi connectivity index (χ1v) is 8.76. The molecule has 1 aromatic rings. The van der Waals surface area contributed by atoms with E-state index in [1.54, 1.807) is 12.1 Å². The van der Waals surface area contributed by atoms with E-state index in [0.29, 0.717) is 12.2 Å². The van der Waals surface area contributed by atoms with Crippen LogP contribution in [0.2, 0.25) is 0 Å². The van der Waals surface area contributed by atoms with E-state index in [9.17, 15) is 9.90 Å². The molecular formula is C19H29NO5. The predicted octanol–water partition coefficient (Wildman–Crippen LogP) is 2.16. The van der Waals surface area contributed by atoms with Crippen molar-refractivity contribution in [2.24, 2.45) is 0 Å². The molecule has 1 unspecified atom stereocenters. The van der Waals surface area contributed by atoms with Gasteiger partial charge in [-0.3, -0.25) is 4.90 Å². The van der Waals surface area contributed by atoms with Crippen molar-refractivity contribution in [2.75, 3.05) is 39.5 Å². The van der Waals surface area contributed by atoms with E-state index in [-0.39, 0.29) is 6.61 Å². The molecule has 140 valence electrons. The van der Waals surface area contributed by atoms with Gasteiger partial charge in [-0.05, 0) is 44.9 Å². The molecule has 1 heterocycles. The molecule has 0 saturated carbocycles. The number of aliphatic hydroxyl groups is 1. The first kappa shape index (κ1) is 19.7. The second-order valence-electron chi connectivity index (χ2n) is 7.21. The molecule has 1 atom stereocenters. The maximum absolute atomic E-state index is 11.7. The molecule has 0 bridgehead atoms. The Morgan fingerprint density at radius 1 is 1.32 bits per heavy atom. The number of ether oxygens (including phenoxy) is 3. The highest BCUT2D eigenvalue weighted by atomic mass is 16.6. The van der Waals surface area contributed by atoms with Crippen molar-refractivity contribution in [2.45, 2.75) is 38.9 Å². The zero-order chi connectivity index (χ0) is 18.3. The Kier molecular flexibility index (Phi) is 7.23. The summed E-state index contributed by atoms with van der Waals surface area (Å²) in [7, 11) is 0. The van der Waals surface area contributed by atoms with Crippen LogP contribution in [0.5, 0.6) is 5.75 Å². The van der Waals surface area contributed by atoms with Gasteiger partial charge in [-0.25, -0.2) is 4.79 Å². The molecule has 1 aliphatic heterocycles. The van der Waals surface area contributed by atoms with Crippen molar-refractivity contribution >= 4 is 5.97 Å². The van der Waals surface area contributed by atoms with Crippen molar-refractivity contribution < 1.29 is 24.1 Å². The second kappa shape index (κ2) is 9.17. The highest BCUT2D eigenvalue weighted by Gasteiger charge is 2.17. The zero-order valence-corrected chi connectivity index (χ0v) is 15.4. The van der Waals surface area contributed by atoms with E-state index < -0.39 is 17.7 Å². The predicted molar refractivity (Wildman–Crippen MR) is 94.6 cm³/mol. The van der Waals surface area contributed by atoms with Crippen LogP contribution in [-0.2, 0) is 14.3 Å². The second-order valence-corrected chi connectivity index (χ2v) is 7.21. The largest absolute Gasteiger partial charge is 0.482 e. The third-order valence-corrected chi connectivity index (χ3v) is 3.84. The van der Waals surface area contributed by atoms with Crippen LogP contribution in [0.3, 0.4) is 0 Å². The number of carbonyl (C=O) groups excluding carboxylic acids is 1. The van der Waals surface area contributed by atoms with Crippen LogP contribution in [0.25, 0.3) is 0 Å². The Morgan fingerprint density at radius 2 is 2.04 bits per heavy atom. The number of hydrogen-bond acceptors (Lipinski definition) is 6. The third kappa shape index (κ3) is 7.42. The van der Waals surface area contributed by atoms with E-state index in [2.05, 4.69) is 4.90 Å². The van der Waals surface area contributed by atoms with E-state index in [1.807, 2.05) is 32.9 Å². The number of aliphatic hydroxyl groups excluding tert-OH is 1. The SMILES string of the molecule is CC(C)(C)OC(=O)COc1cccc(C(O)CCN2CCOCC2)c1. The monoisotopic (exact) mass is 351 g/mol. The lowest BCUT2D eigenvalue weighted by Gasteiger charge is -2.27. The zero-order valence-electron chi connectivity index (χ0n) is 15.4. The standard InChI is InChI=1S/C19H29NO5/c1-19(2,3)25-18(22)14-24-16-6-4-5-15(13-16)17(21)7-8-20-9-11-23-12-10-20/h4-6,13,17,21H,7-12,14H2,1-3H3. The van der Waals surface area contributed by atoms with Crippen molar-refractivity contribution in [1.29, 1.82) is 0 Å². The first-order valence-electron chi connectivity index (χ1n) is 8.76. The summed E-state index contributed by atoms with van der Waals surface area (Å²) in [4.78, 5) is 14.0. The van der Waals surface area contributed by atoms with Crippen molar-refractivity contribution in [3.8, 4) is 5.75 Å². The lowest BCUT2D eigenvalue weighted by Crippen LogP contribution is -2.37. The minimum Gasteiger partial charge on any atom is -0.482 e. The van der Waals surface area contributed by atoms with Crippen LogP contribution in [-0.4, -0.2) is 61.0 Å². The molecule has 1 saturated heterocycles. The summed E-state index contributed by atoms with van der Waals surface area (Å²) in [5.74, 6) is 0.138. The fourth-order valence-electron chi connectivity index (χ4n) is 2.62. The van der Waals surface area contributed by atoms with E-state index in [4.69, 9.17) is 14.2 Å². The maximum atomic E-state index is 11.7. The normalized spacial score (nSPS) is 17.1. The topological polar surface area (TPSA) is 68.2 Å². The van der Waals surface area contributed by atoms with E-state index in [1.165, 1.54) is 0 Å². The number of esters is 1. The number of morpholine rings is 1. The van der Waals surface area contributed by atoms with Gasteiger partial charge in [0.2, 0.25) is 0 Å². The van der Waals surface area contributed by atoms with E-state index in [0.717, 1.165) is 38.4 Å². The molecule has 2 rings (SSSR count). The number of carbonyl (C=O) groups is 1. The molecule has 1 aromatic carbocycles. The quantitative estimate of drug-likeness (QED) is 0.760. The number of benzene rings is 1. The van der Waals surface area contributed by atoms with Crippen LogP contribution in [0.15, 0.2) is 24.3 Å². The number of nitrogens with zero attached hydrogens (tertiary/aromatic N) is 1. The summed E-state index contributed by atoms with van der Waals surface area (Å²) in [6.45, 7) is 9.45. The van der Waals surface area contributed by atoms with Gasteiger partial charge in [-0.15, -0.1) is 0 Å². The Balaban J connectivity index is 1.81. The summed E-state index contributed by atoms with van der Waals surface area (Å²) < 4.78 is 16.0. The average Bonchev–Trinajstić information content (AvgIpc) is 2.57. The summed E-state index contributed by atoms with van der Waals surface area (Å²) >= 11 is 0. The molecule has 25 heavy (non-hydrogen) atoms. The van der Waals surface area contributed by atoms with Gasteiger partial charge in [-0.1, -0.05) is 12.1 Å². The molecule has 1 N–H and O–H groups in total. The minimum atomic E-state index is -0.562. The van der Waals surface area contributed by atoms with Gasteiger partial charge in [0.05, 0.1) is 19.3 Å². The Morgan fingerprint density at radius 3 is 2.72 bits per heavy atom. The average molecular weight is 351 g/mol. The molecule has 6 nitrogen and oxygen atoms in total. The van der Waals surface area contributed by atoms with Gasteiger partial charge in [0, 0.05) is 19.6 Å². The molecule has 0 amide bonds. The number of rotatable bonds is 7. The van der Waals surface area contributed by atoms with E-state index >= 15 is 0 Å². The molecular weight excluding hydrogens is 322 g/mol. The summed E-state index contributed by atoms with van der Waals surface area (Å²) in [6, 6.07) is 7.22. The minimum absolute atomic E-state index is 0.148. The van der Waals surface area contributed by atoms with Gasteiger partial charge in [0.1, 0.15) is 11.4 Å². The van der Waals surface area contributed by atoms with Gasteiger partial charge in [-0.2, -0.15) is 0 Å². The van der Waals surface area contributed by atoms with Crippen molar-refractivity contribution in [1.82, 2.24) is 4.90 Å². The molecule has 0 radical (unpaired) electrons. The first-order chi connectivity index (χ1) is 11.8. The molecule has 0 spiro atoms. The van der Waals surface area contributed by atoms with Gasteiger partial charge >= 0.3 is 5.97 Å². The smallest absolute Gasteiger partial charge is 0.344 e. The molecule has 1 fully saturated rings. The van der Waals surface area contributed by atoms with Crippen LogP contribution in [0.1, 0.15) is 38.9 Å². The van der Waals surface area contributed by atoms with Gasteiger partial charge < -0.3 is 19.3 Å². The molecule has 0 aliphatic carbocycles. The Hall–Kier alpha value is -1.63. The molecule has 0 aromatic heterocycles. The summed E-state index contributed by atoms with van der Waals surface area (Å²) in [5.41, 5.74) is 0.257. The molecule has 6 heteroatoms. The highest BCUT2D eigenvalue weighted by Crippen LogP contribution is 2.22.